The molecule has 1 aromatic carbocycles. The third-order valence-corrected chi connectivity index (χ3v) is 2.58. The van der Waals surface area contributed by atoms with E-state index in [2.05, 4.69) is 13.0 Å². The van der Waals surface area contributed by atoms with Gasteiger partial charge in [0, 0.05) is 10.9 Å². The highest BCUT2D eigenvalue weighted by Crippen LogP contribution is 2.19. The smallest absolute Gasteiger partial charge is 0.0478 e. The Morgan fingerprint density at radius 3 is 2.62 bits per heavy atom. The highest BCUT2D eigenvalue weighted by atomic mass is 35.5. The van der Waals surface area contributed by atoms with Crippen LogP contribution >= 0.6 is 23.2 Å². The normalized spacial score (nSPS) is 11.8. The van der Waals surface area contributed by atoms with Crippen molar-refractivity contribution in [1.82, 2.24) is 0 Å². The van der Waals surface area contributed by atoms with E-state index >= 15 is 0 Å². The maximum Gasteiger partial charge on any atom is 0.0478 e. The van der Waals surface area contributed by atoms with E-state index < -0.39 is 0 Å². The minimum Gasteiger partial charge on any atom is -0.122 e. The number of hydrogen-bond acceptors (Lipinski definition) is 0. The summed E-state index contributed by atoms with van der Waals surface area (Å²) in [5, 5.41) is 0.776. The Morgan fingerprint density at radius 1 is 1.38 bits per heavy atom. The van der Waals surface area contributed by atoms with Gasteiger partial charge in [0.1, 0.15) is 0 Å². The first-order valence-corrected chi connectivity index (χ1v) is 5.19. The number of alkyl halides is 1. The van der Waals surface area contributed by atoms with Gasteiger partial charge in [-0.05, 0) is 18.1 Å². The number of halogens is 2. The van der Waals surface area contributed by atoms with Gasteiger partial charge in [0.2, 0.25) is 0 Å². The summed E-state index contributed by atoms with van der Waals surface area (Å²) in [6, 6.07) is 7.77. The van der Waals surface area contributed by atoms with E-state index in [9.17, 15) is 0 Å². The predicted octanol–water partition coefficient (Wildman–Crippen LogP) is 4.37. The largest absolute Gasteiger partial charge is 0.122 e. The highest BCUT2D eigenvalue weighted by molar-refractivity contribution is 6.32. The lowest BCUT2D eigenvalue weighted by Gasteiger charge is -2.01. The van der Waals surface area contributed by atoms with Gasteiger partial charge in [-0.2, -0.15) is 0 Å². The SMILES string of the molecule is CC/C(=C/c1ccccc1Cl)CCl. The number of rotatable bonds is 3. The minimum atomic E-state index is 0.571. The van der Waals surface area contributed by atoms with Gasteiger partial charge in [-0.15, -0.1) is 11.6 Å². The molecule has 0 bridgehead atoms. The Labute approximate surface area is 89.2 Å². The highest BCUT2D eigenvalue weighted by Gasteiger charge is 1.96. The molecule has 0 fully saturated rings. The number of benzene rings is 1. The van der Waals surface area contributed by atoms with E-state index in [1.807, 2.05) is 24.3 Å². The van der Waals surface area contributed by atoms with Crippen LogP contribution in [-0.4, -0.2) is 5.88 Å². The van der Waals surface area contributed by atoms with Gasteiger partial charge < -0.3 is 0 Å². The molecular weight excluding hydrogens is 203 g/mol. The molecule has 0 heterocycles. The van der Waals surface area contributed by atoms with Gasteiger partial charge in [-0.25, -0.2) is 0 Å². The van der Waals surface area contributed by atoms with Gasteiger partial charge in [0.25, 0.3) is 0 Å². The van der Waals surface area contributed by atoms with Crippen molar-refractivity contribution >= 4 is 29.3 Å². The quantitative estimate of drug-likeness (QED) is 0.656. The lowest BCUT2D eigenvalue weighted by atomic mass is 10.1. The molecule has 2 heteroatoms. The zero-order valence-corrected chi connectivity index (χ0v) is 9.07. The van der Waals surface area contributed by atoms with E-state index in [1.165, 1.54) is 5.57 Å². The fraction of sp³-hybridized carbons (Fsp3) is 0.273. The predicted molar refractivity (Wildman–Crippen MR) is 60.4 cm³/mol. The summed E-state index contributed by atoms with van der Waals surface area (Å²) in [4.78, 5) is 0. The molecule has 0 aliphatic carbocycles. The summed E-state index contributed by atoms with van der Waals surface area (Å²) in [6.07, 6.45) is 3.02. The molecule has 0 aromatic heterocycles. The Hall–Kier alpha value is -0.460. The molecule has 70 valence electrons. The van der Waals surface area contributed by atoms with Crippen molar-refractivity contribution in [3.05, 3.63) is 40.4 Å². The first-order valence-electron chi connectivity index (χ1n) is 4.28. The molecule has 0 atom stereocenters. The molecule has 0 amide bonds. The second-order valence-corrected chi connectivity index (χ2v) is 3.49. The van der Waals surface area contributed by atoms with Crippen molar-refractivity contribution in [2.45, 2.75) is 13.3 Å². The Morgan fingerprint density at radius 2 is 2.08 bits per heavy atom. The van der Waals surface area contributed by atoms with Crippen LogP contribution in [0.3, 0.4) is 0 Å². The monoisotopic (exact) mass is 214 g/mol. The van der Waals surface area contributed by atoms with E-state index in [4.69, 9.17) is 23.2 Å². The van der Waals surface area contributed by atoms with E-state index in [-0.39, 0.29) is 0 Å². The molecular formula is C11H12Cl2. The molecule has 13 heavy (non-hydrogen) atoms. The van der Waals surface area contributed by atoms with Crippen LogP contribution in [0.1, 0.15) is 18.9 Å². The van der Waals surface area contributed by atoms with Crippen molar-refractivity contribution < 1.29 is 0 Å². The van der Waals surface area contributed by atoms with Crippen LogP contribution in [0.25, 0.3) is 6.08 Å². The van der Waals surface area contributed by atoms with Crippen molar-refractivity contribution in [3.63, 3.8) is 0 Å². The molecule has 0 aliphatic rings. The van der Waals surface area contributed by atoms with E-state index in [1.54, 1.807) is 0 Å². The number of hydrogen-bond donors (Lipinski definition) is 0. The second-order valence-electron chi connectivity index (χ2n) is 2.81. The van der Waals surface area contributed by atoms with Crippen molar-refractivity contribution in [3.8, 4) is 0 Å². The molecule has 0 N–H and O–H groups in total. The zero-order valence-electron chi connectivity index (χ0n) is 7.56. The Kier molecular flexibility index (Phi) is 4.34. The summed E-state index contributed by atoms with van der Waals surface area (Å²) in [6.45, 7) is 2.09. The standard InChI is InChI=1S/C11H12Cl2/c1-2-9(8-12)7-10-5-3-4-6-11(10)13/h3-7H,2,8H2,1H3/b9-7-. The minimum absolute atomic E-state index is 0.571. The van der Waals surface area contributed by atoms with Gasteiger partial charge >= 0.3 is 0 Å². The molecule has 0 radical (unpaired) electrons. The van der Waals surface area contributed by atoms with Gasteiger partial charge in [-0.1, -0.05) is 48.4 Å². The fourth-order valence-corrected chi connectivity index (χ4v) is 1.50. The molecule has 1 rings (SSSR count). The number of allylic oxidation sites excluding steroid dienone is 1. The molecule has 0 saturated heterocycles. The Bertz CT molecular complexity index is 297. The fourth-order valence-electron chi connectivity index (χ4n) is 1.05. The van der Waals surface area contributed by atoms with Crippen molar-refractivity contribution in [2.75, 3.05) is 5.88 Å². The molecule has 0 saturated carbocycles. The van der Waals surface area contributed by atoms with Crippen LogP contribution in [0.2, 0.25) is 5.02 Å². The van der Waals surface area contributed by atoms with Crippen molar-refractivity contribution in [1.29, 1.82) is 0 Å². The average molecular weight is 215 g/mol. The van der Waals surface area contributed by atoms with Crippen LogP contribution in [0.15, 0.2) is 29.8 Å². The molecule has 0 nitrogen and oxygen atoms in total. The second kappa shape index (κ2) is 5.31. The molecule has 0 unspecified atom stereocenters. The molecule has 0 spiro atoms. The topological polar surface area (TPSA) is 0 Å². The maximum absolute atomic E-state index is 5.99. The Balaban J connectivity index is 2.95. The summed E-state index contributed by atoms with van der Waals surface area (Å²) in [5.74, 6) is 0.571. The summed E-state index contributed by atoms with van der Waals surface area (Å²) in [5.41, 5.74) is 2.25. The van der Waals surface area contributed by atoms with Crippen LogP contribution in [0, 0.1) is 0 Å². The van der Waals surface area contributed by atoms with Crippen LogP contribution in [0.4, 0.5) is 0 Å². The zero-order chi connectivity index (χ0) is 9.68. The molecule has 1 aromatic rings. The lowest BCUT2D eigenvalue weighted by molar-refractivity contribution is 1.12. The third-order valence-electron chi connectivity index (χ3n) is 1.89. The van der Waals surface area contributed by atoms with Gasteiger partial charge in [-0.3, -0.25) is 0 Å². The van der Waals surface area contributed by atoms with Crippen LogP contribution < -0.4 is 0 Å². The van der Waals surface area contributed by atoms with E-state index in [0.29, 0.717) is 5.88 Å². The van der Waals surface area contributed by atoms with E-state index in [0.717, 1.165) is 17.0 Å². The van der Waals surface area contributed by atoms with Gasteiger partial charge in [0.15, 0.2) is 0 Å². The summed E-state index contributed by atoms with van der Waals surface area (Å²) >= 11 is 11.8. The maximum atomic E-state index is 5.99. The molecule has 0 aliphatic heterocycles. The van der Waals surface area contributed by atoms with Crippen molar-refractivity contribution in [2.24, 2.45) is 0 Å². The summed E-state index contributed by atoms with van der Waals surface area (Å²) < 4.78 is 0. The lowest BCUT2D eigenvalue weighted by Crippen LogP contribution is -1.83. The van der Waals surface area contributed by atoms with Crippen LogP contribution in [-0.2, 0) is 0 Å². The van der Waals surface area contributed by atoms with Crippen LogP contribution in [0.5, 0.6) is 0 Å². The first-order chi connectivity index (χ1) is 6.27. The van der Waals surface area contributed by atoms with Gasteiger partial charge in [0.05, 0.1) is 0 Å². The first kappa shape index (κ1) is 10.6. The third kappa shape index (κ3) is 3.06. The summed E-state index contributed by atoms with van der Waals surface area (Å²) in [7, 11) is 0. The average Bonchev–Trinajstić information content (AvgIpc) is 2.17.